The van der Waals surface area contributed by atoms with Crippen LogP contribution in [0.5, 0.6) is 0 Å². The van der Waals surface area contributed by atoms with Crippen LogP contribution in [0.3, 0.4) is 0 Å². The molecular formula is C15H20N2OS. The van der Waals surface area contributed by atoms with E-state index in [-0.39, 0.29) is 11.2 Å². The second kappa shape index (κ2) is 8.60. The maximum Gasteiger partial charge on any atom is 0.237 e. The molecule has 0 aliphatic rings. The number of hydrogen-bond donors (Lipinski definition) is 1. The molecule has 19 heavy (non-hydrogen) atoms. The van der Waals surface area contributed by atoms with Crippen molar-refractivity contribution in [2.24, 2.45) is 0 Å². The molecular weight excluding hydrogens is 256 g/mol. The largest absolute Gasteiger partial charge is 0.325 e. The van der Waals surface area contributed by atoms with Gasteiger partial charge in [-0.1, -0.05) is 25.5 Å². The fourth-order valence-corrected chi connectivity index (χ4v) is 2.54. The van der Waals surface area contributed by atoms with Gasteiger partial charge in [-0.3, -0.25) is 4.79 Å². The Bertz CT molecular complexity index is 436. The number of nitrogens with one attached hydrogen (secondary N) is 1. The van der Waals surface area contributed by atoms with Crippen molar-refractivity contribution >= 4 is 23.4 Å². The van der Waals surface area contributed by atoms with E-state index in [0.29, 0.717) is 6.42 Å². The summed E-state index contributed by atoms with van der Waals surface area (Å²) in [6.07, 6.45) is 2.70. The van der Waals surface area contributed by atoms with Gasteiger partial charge in [0.1, 0.15) is 0 Å². The van der Waals surface area contributed by atoms with Gasteiger partial charge in [0.25, 0.3) is 0 Å². The Morgan fingerprint density at radius 2 is 2.11 bits per heavy atom. The van der Waals surface area contributed by atoms with Crippen molar-refractivity contribution < 1.29 is 4.79 Å². The summed E-state index contributed by atoms with van der Waals surface area (Å²) in [5, 5.41) is 11.4. The quantitative estimate of drug-likeness (QED) is 0.774. The van der Waals surface area contributed by atoms with E-state index in [9.17, 15) is 4.79 Å². The lowest BCUT2D eigenvalue weighted by Crippen LogP contribution is -2.22. The zero-order valence-corrected chi connectivity index (χ0v) is 12.3. The first kappa shape index (κ1) is 15.6. The zero-order valence-electron chi connectivity index (χ0n) is 11.5. The summed E-state index contributed by atoms with van der Waals surface area (Å²) in [6.45, 7) is 4.08. The number of rotatable bonds is 7. The molecule has 0 fully saturated rings. The predicted molar refractivity (Wildman–Crippen MR) is 81.2 cm³/mol. The Kier molecular flexibility index (Phi) is 7.06. The molecule has 0 saturated carbocycles. The van der Waals surface area contributed by atoms with Crippen molar-refractivity contribution in [3.63, 3.8) is 0 Å². The third-order valence-corrected chi connectivity index (χ3v) is 3.98. The highest BCUT2D eigenvalue weighted by atomic mass is 32.2. The van der Waals surface area contributed by atoms with Crippen molar-refractivity contribution in [1.82, 2.24) is 0 Å². The van der Waals surface area contributed by atoms with Gasteiger partial charge in [-0.2, -0.15) is 5.26 Å². The summed E-state index contributed by atoms with van der Waals surface area (Å²) in [4.78, 5) is 11.9. The highest BCUT2D eigenvalue weighted by Crippen LogP contribution is 2.16. The smallest absolute Gasteiger partial charge is 0.237 e. The lowest BCUT2D eigenvalue weighted by atomic mass is 10.1. The van der Waals surface area contributed by atoms with Gasteiger partial charge in [-0.05, 0) is 36.8 Å². The molecule has 4 heteroatoms. The molecule has 1 unspecified atom stereocenters. The van der Waals surface area contributed by atoms with Crippen molar-refractivity contribution in [3.05, 3.63) is 29.8 Å². The number of nitriles is 1. The van der Waals surface area contributed by atoms with Crippen molar-refractivity contribution in [2.45, 2.75) is 38.4 Å². The second-order valence-electron chi connectivity index (χ2n) is 4.39. The van der Waals surface area contributed by atoms with Crippen LogP contribution in [0.2, 0.25) is 0 Å². The predicted octanol–water partition coefficient (Wildman–Crippen LogP) is 3.61. The number of carbonyl (C=O) groups is 1. The van der Waals surface area contributed by atoms with Crippen LogP contribution in [0, 0.1) is 11.3 Å². The van der Waals surface area contributed by atoms with E-state index in [2.05, 4.69) is 18.3 Å². The SMILES string of the molecule is CCCCSC(C)C(=O)Nc1ccc(CC#N)cc1. The molecule has 3 nitrogen and oxygen atoms in total. The van der Waals surface area contributed by atoms with E-state index >= 15 is 0 Å². The third-order valence-electron chi connectivity index (χ3n) is 2.74. The first-order chi connectivity index (χ1) is 9.17. The van der Waals surface area contributed by atoms with Crippen LogP contribution in [-0.4, -0.2) is 16.9 Å². The van der Waals surface area contributed by atoms with Crippen LogP contribution < -0.4 is 5.32 Å². The van der Waals surface area contributed by atoms with Crippen LogP contribution in [-0.2, 0) is 11.2 Å². The van der Waals surface area contributed by atoms with Crippen LogP contribution >= 0.6 is 11.8 Å². The number of nitrogens with zero attached hydrogens (tertiary/aromatic N) is 1. The Labute approximate surface area is 119 Å². The summed E-state index contributed by atoms with van der Waals surface area (Å²) in [5.74, 6) is 1.06. The fourth-order valence-electron chi connectivity index (χ4n) is 1.52. The van der Waals surface area contributed by atoms with Gasteiger partial charge in [-0.25, -0.2) is 0 Å². The second-order valence-corrected chi connectivity index (χ2v) is 5.84. The molecule has 0 aliphatic carbocycles. The monoisotopic (exact) mass is 276 g/mol. The Hall–Kier alpha value is -1.47. The zero-order chi connectivity index (χ0) is 14.1. The molecule has 0 spiro atoms. The van der Waals surface area contributed by atoms with Crippen LogP contribution in [0.15, 0.2) is 24.3 Å². The lowest BCUT2D eigenvalue weighted by molar-refractivity contribution is -0.115. The molecule has 0 aliphatic heterocycles. The topological polar surface area (TPSA) is 52.9 Å². The molecule has 0 saturated heterocycles. The number of benzene rings is 1. The first-order valence-corrected chi connectivity index (χ1v) is 7.60. The molecule has 0 aromatic heterocycles. The summed E-state index contributed by atoms with van der Waals surface area (Å²) >= 11 is 1.68. The number of thioether (sulfide) groups is 1. The van der Waals surface area contributed by atoms with Crippen molar-refractivity contribution in [3.8, 4) is 6.07 Å². The molecule has 0 bridgehead atoms. The Morgan fingerprint density at radius 3 is 2.68 bits per heavy atom. The van der Waals surface area contributed by atoms with Gasteiger partial charge >= 0.3 is 0 Å². The van der Waals surface area contributed by atoms with Gasteiger partial charge in [0.2, 0.25) is 5.91 Å². The lowest BCUT2D eigenvalue weighted by Gasteiger charge is -2.12. The molecule has 0 heterocycles. The van der Waals surface area contributed by atoms with E-state index < -0.39 is 0 Å². The van der Waals surface area contributed by atoms with Crippen LogP contribution in [0.4, 0.5) is 5.69 Å². The molecule has 0 radical (unpaired) electrons. The highest BCUT2D eigenvalue weighted by molar-refractivity contribution is 8.00. The summed E-state index contributed by atoms with van der Waals surface area (Å²) in [7, 11) is 0. The molecule has 1 N–H and O–H groups in total. The van der Waals surface area contributed by atoms with Gasteiger partial charge in [0, 0.05) is 5.69 Å². The summed E-state index contributed by atoms with van der Waals surface area (Å²) in [5.41, 5.74) is 1.75. The molecule has 1 amide bonds. The van der Waals surface area contributed by atoms with Gasteiger partial charge in [0.15, 0.2) is 0 Å². The van der Waals surface area contributed by atoms with E-state index in [1.165, 1.54) is 0 Å². The minimum atomic E-state index is -0.0367. The normalized spacial score (nSPS) is 11.6. The summed E-state index contributed by atoms with van der Waals surface area (Å²) in [6, 6.07) is 9.52. The van der Waals surface area contributed by atoms with Crippen LogP contribution in [0.1, 0.15) is 32.3 Å². The number of hydrogen-bond acceptors (Lipinski definition) is 3. The Balaban J connectivity index is 2.45. The maximum atomic E-state index is 11.9. The fraction of sp³-hybridized carbons (Fsp3) is 0.467. The van der Waals surface area contributed by atoms with Gasteiger partial charge in [0.05, 0.1) is 17.7 Å². The van der Waals surface area contributed by atoms with E-state index in [4.69, 9.17) is 5.26 Å². The van der Waals surface area contributed by atoms with Gasteiger partial charge < -0.3 is 5.32 Å². The van der Waals surface area contributed by atoms with Crippen molar-refractivity contribution in [1.29, 1.82) is 5.26 Å². The first-order valence-electron chi connectivity index (χ1n) is 6.55. The number of anilines is 1. The average molecular weight is 276 g/mol. The van der Waals surface area contributed by atoms with Gasteiger partial charge in [-0.15, -0.1) is 11.8 Å². The molecule has 1 rings (SSSR count). The third kappa shape index (κ3) is 5.80. The minimum Gasteiger partial charge on any atom is -0.325 e. The molecule has 1 atom stereocenters. The number of amides is 1. The summed E-state index contributed by atoms with van der Waals surface area (Å²) < 4.78 is 0. The number of carbonyl (C=O) groups excluding carboxylic acids is 1. The highest BCUT2D eigenvalue weighted by Gasteiger charge is 2.12. The average Bonchev–Trinajstić information content (AvgIpc) is 2.41. The van der Waals surface area contributed by atoms with E-state index in [1.807, 2.05) is 31.2 Å². The number of unbranched alkanes of at least 4 members (excludes halogenated alkanes) is 1. The Morgan fingerprint density at radius 1 is 1.42 bits per heavy atom. The van der Waals surface area contributed by atoms with Crippen molar-refractivity contribution in [2.75, 3.05) is 11.1 Å². The standard InChI is InChI=1S/C15H20N2OS/c1-3-4-11-19-12(2)15(18)17-14-7-5-13(6-8-14)9-10-16/h5-8,12H,3-4,9,11H2,1-2H3,(H,17,18). The van der Waals surface area contributed by atoms with E-state index in [1.54, 1.807) is 11.8 Å². The van der Waals surface area contributed by atoms with E-state index in [0.717, 1.165) is 29.8 Å². The molecule has 102 valence electrons. The minimum absolute atomic E-state index is 0.0362. The molecule has 1 aromatic rings. The maximum absolute atomic E-state index is 11.9. The van der Waals surface area contributed by atoms with Crippen LogP contribution in [0.25, 0.3) is 0 Å². The molecule has 1 aromatic carbocycles.